The van der Waals surface area contributed by atoms with Gasteiger partial charge in [0.2, 0.25) is 0 Å². The van der Waals surface area contributed by atoms with Gasteiger partial charge in [0, 0.05) is 22.7 Å². The van der Waals surface area contributed by atoms with Crippen molar-refractivity contribution in [2.24, 2.45) is 0 Å². The normalized spacial score (nSPS) is 10.4. The number of fused-ring (bicyclic) bond motifs is 1. The van der Waals surface area contributed by atoms with Gasteiger partial charge in [-0.1, -0.05) is 12.1 Å². The molecule has 0 atom stereocenters. The van der Waals surface area contributed by atoms with Crippen LogP contribution in [0.4, 0.5) is 10.1 Å². The van der Waals surface area contributed by atoms with E-state index in [0.717, 1.165) is 0 Å². The molecule has 0 aliphatic rings. The highest BCUT2D eigenvalue weighted by Gasteiger charge is 2.01. The molecule has 2 N–H and O–H groups in total. The van der Waals surface area contributed by atoms with E-state index in [1.165, 1.54) is 6.20 Å². The molecule has 0 unspecified atom stereocenters. The van der Waals surface area contributed by atoms with Crippen LogP contribution in [0, 0.1) is 5.82 Å². The van der Waals surface area contributed by atoms with E-state index in [2.05, 4.69) is 4.98 Å². The summed E-state index contributed by atoms with van der Waals surface area (Å²) < 4.78 is 13.0. The fourth-order valence-corrected chi connectivity index (χ4v) is 1.18. The van der Waals surface area contributed by atoms with E-state index < -0.39 is 0 Å². The topological polar surface area (TPSA) is 38.9 Å². The lowest BCUT2D eigenvalue weighted by molar-refractivity contribution is 0.634. The first-order chi connectivity index (χ1) is 5.79. The van der Waals surface area contributed by atoms with Crippen LogP contribution in [0.3, 0.4) is 0 Å². The molecule has 2 rings (SSSR count). The molecule has 1 aromatic heterocycles. The smallest absolute Gasteiger partial charge is 0.149 e. The molecule has 0 amide bonds. The van der Waals surface area contributed by atoms with Gasteiger partial charge in [-0.05, 0) is 6.07 Å². The van der Waals surface area contributed by atoms with Gasteiger partial charge in [-0.2, -0.15) is 0 Å². The molecule has 2 aromatic rings. The number of nitrogens with two attached hydrogens (primary N) is 1. The SMILES string of the molecule is Nc1cccc2c(F)cncc12. The Labute approximate surface area is 68.8 Å². The largest absolute Gasteiger partial charge is 0.398 e. The Balaban J connectivity index is 2.94. The predicted molar refractivity (Wildman–Crippen MR) is 46.1 cm³/mol. The number of anilines is 1. The first kappa shape index (κ1) is 7.03. The second kappa shape index (κ2) is 2.44. The van der Waals surface area contributed by atoms with Gasteiger partial charge in [-0.25, -0.2) is 4.39 Å². The zero-order valence-corrected chi connectivity index (χ0v) is 6.29. The Hall–Kier alpha value is -1.64. The van der Waals surface area contributed by atoms with Crippen molar-refractivity contribution in [3.05, 3.63) is 36.4 Å². The van der Waals surface area contributed by atoms with Gasteiger partial charge >= 0.3 is 0 Å². The summed E-state index contributed by atoms with van der Waals surface area (Å²) in [6.45, 7) is 0. The molecule has 0 radical (unpaired) electrons. The molecule has 0 saturated heterocycles. The number of nitrogen functional groups attached to an aromatic ring is 1. The molecule has 0 saturated carbocycles. The number of benzene rings is 1. The van der Waals surface area contributed by atoms with Gasteiger partial charge < -0.3 is 5.73 Å². The van der Waals surface area contributed by atoms with Crippen molar-refractivity contribution in [1.82, 2.24) is 4.98 Å². The predicted octanol–water partition coefficient (Wildman–Crippen LogP) is 1.96. The minimum atomic E-state index is -0.334. The van der Waals surface area contributed by atoms with Crippen LogP contribution in [-0.4, -0.2) is 4.98 Å². The average molecular weight is 162 g/mol. The second-order valence-corrected chi connectivity index (χ2v) is 2.56. The van der Waals surface area contributed by atoms with Crippen LogP contribution in [-0.2, 0) is 0 Å². The summed E-state index contributed by atoms with van der Waals surface area (Å²) in [6, 6.07) is 5.13. The van der Waals surface area contributed by atoms with Gasteiger partial charge in [0.1, 0.15) is 5.82 Å². The van der Waals surface area contributed by atoms with Crippen molar-refractivity contribution in [3.63, 3.8) is 0 Å². The average Bonchev–Trinajstić information content (AvgIpc) is 2.07. The van der Waals surface area contributed by atoms with Crippen molar-refractivity contribution in [2.45, 2.75) is 0 Å². The molecule has 0 spiro atoms. The molecular weight excluding hydrogens is 155 g/mol. The zero-order chi connectivity index (χ0) is 8.55. The van der Waals surface area contributed by atoms with Crippen LogP contribution in [0.15, 0.2) is 30.6 Å². The Morgan fingerprint density at radius 2 is 2.00 bits per heavy atom. The van der Waals surface area contributed by atoms with E-state index in [0.29, 0.717) is 16.5 Å². The minimum absolute atomic E-state index is 0.334. The molecule has 0 fully saturated rings. The van der Waals surface area contributed by atoms with Gasteiger partial charge in [0.15, 0.2) is 0 Å². The molecule has 3 heteroatoms. The third-order valence-corrected chi connectivity index (χ3v) is 1.79. The van der Waals surface area contributed by atoms with Crippen LogP contribution < -0.4 is 5.73 Å². The number of hydrogen-bond donors (Lipinski definition) is 1. The van der Waals surface area contributed by atoms with Crippen molar-refractivity contribution >= 4 is 16.5 Å². The molecule has 0 bridgehead atoms. The Bertz CT molecular complexity index is 385. The molecule has 60 valence electrons. The first-order valence-electron chi connectivity index (χ1n) is 3.57. The van der Waals surface area contributed by atoms with E-state index >= 15 is 0 Å². The summed E-state index contributed by atoms with van der Waals surface area (Å²) >= 11 is 0. The third kappa shape index (κ3) is 0.906. The number of halogens is 1. The van der Waals surface area contributed by atoms with Crippen LogP contribution in [0.25, 0.3) is 10.8 Å². The quantitative estimate of drug-likeness (QED) is 0.601. The summed E-state index contributed by atoms with van der Waals surface area (Å²) in [5, 5.41) is 1.18. The number of nitrogens with zero attached hydrogens (tertiary/aromatic N) is 1. The molecule has 0 aliphatic heterocycles. The highest BCUT2D eigenvalue weighted by atomic mass is 19.1. The van der Waals surface area contributed by atoms with Crippen LogP contribution >= 0.6 is 0 Å². The number of rotatable bonds is 0. The van der Waals surface area contributed by atoms with Crippen LogP contribution in [0.1, 0.15) is 0 Å². The first-order valence-corrected chi connectivity index (χ1v) is 3.57. The molecule has 12 heavy (non-hydrogen) atoms. The van der Waals surface area contributed by atoms with Crippen LogP contribution in [0.2, 0.25) is 0 Å². The summed E-state index contributed by atoms with van der Waals surface area (Å²) in [4.78, 5) is 3.72. The molecule has 2 nitrogen and oxygen atoms in total. The highest BCUT2D eigenvalue weighted by molar-refractivity contribution is 5.92. The number of hydrogen-bond acceptors (Lipinski definition) is 2. The third-order valence-electron chi connectivity index (χ3n) is 1.79. The summed E-state index contributed by atoms with van der Waals surface area (Å²) in [5.74, 6) is -0.334. The van der Waals surface area contributed by atoms with Crippen LogP contribution in [0.5, 0.6) is 0 Å². The lowest BCUT2D eigenvalue weighted by atomic mass is 10.1. The minimum Gasteiger partial charge on any atom is -0.398 e. The zero-order valence-electron chi connectivity index (χ0n) is 6.29. The van der Waals surface area contributed by atoms with Crippen molar-refractivity contribution in [3.8, 4) is 0 Å². The summed E-state index contributed by atoms with van der Waals surface area (Å²) in [5.41, 5.74) is 6.17. The maximum Gasteiger partial charge on any atom is 0.149 e. The molecule has 0 aliphatic carbocycles. The summed E-state index contributed by atoms with van der Waals surface area (Å²) in [6.07, 6.45) is 2.75. The maximum atomic E-state index is 13.0. The van der Waals surface area contributed by atoms with Gasteiger partial charge in [0.05, 0.1) is 6.20 Å². The molecular formula is C9H7FN2. The Morgan fingerprint density at radius 3 is 2.75 bits per heavy atom. The van der Waals surface area contributed by atoms with Crippen molar-refractivity contribution < 1.29 is 4.39 Å². The fourth-order valence-electron chi connectivity index (χ4n) is 1.18. The number of aromatic nitrogens is 1. The lowest BCUT2D eigenvalue weighted by Crippen LogP contribution is -1.89. The van der Waals surface area contributed by atoms with E-state index in [9.17, 15) is 4.39 Å². The van der Waals surface area contributed by atoms with E-state index in [4.69, 9.17) is 5.73 Å². The molecule has 1 heterocycles. The van der Waals surface area contributed by atoms with Crippen molar-refractivity contribution in [1.29, 1.82) is 0 Å². The number of pyridine rings is 1. The standard InChI is InChI=1S/C9H7FN2/c10-8-5-12-4-7-6(8)2-1-3-9(7)11/h1-5H,11H2. The van der Waals surface area contributed by atoms with E-state index in [-0.39, 0.29) is 5.82 Å². The second-order valence-electron chi connectivity index (χ2n) is 2.56. The Morgan fingerprint density at radius 1 is 1.17 bits per heavy atom. The fraction of sp³-hybridized carbons (Fsp3) is 0. The highest BCUT2D eigenvalue weighted by Crippen LogP contribution is 2.21. The maximum absolute atomic E-state index is 13.0. The van der Waals surface area contributed by atoms with Crippen molar-refractivity contribution in [2.75, 3.05) is 5.73 Å². The molecule has 1 aromatic carbocycles. The summed E-state index contributed by atoms with van der Waals surface area (Å²) in [7, 11) is 0. The van der Waals surface area contributed by atoms with E-state index in [1.807, 2.05) is 0 Å². The van der Waals surface area contributed by atoms with E-state index in [1.54, 1.807) is 24.4 Å². The Kier molecular flexibility index (Phi) is 1.43. The van der Waals surface area contributed by atoms with Gasteiger partial charge in [-0.15, -0.1) is 0 Å². The monoisotopic (exact) mass is 162 g/mol. The van der Waals surface area contributed by atoms with Gasteiger partial charge in [-0.3, -0.25) is 4.98 Å². The lowest BCUT2D eigenvalue weighted by Gasteiger charge is -2.00. The van der Waals surface area contributed by atoms with Gasteiger partial charge in [0.25, 0.3) is 0 Å².